The second kappa shape index (κ2) is 6.16. The highest BCUT2D eigenvalue weighted by Crippen LogP contribution is 2.30. The minimum atomic E-state index is -2.76. The molecule has 3 nitrogen and oxygen atoms in total. The first-order chi connectivity index (χ1) is 9.62. The summed E-state index contributed by atoms with van der Waals surface area (Å²) in [6.45, 7) is 0.996. The molecule has 2 atom stereocenters. The Bertz CT molecular complexity index is 520. The Morgan fingerprint density at radius 2 is 2.20 bits per heavy atom. The minimum absolute atomic E-state index is 0.367. The summed E-state index contributed by atoms with van der Waals surface area (Å²) >= 11 is 1.81. The molecule has 0 spiro atoms. The molecular weight excluding hydrogens is 290 g/mol. The van der Waals surface area contributed by atoms with Gasteiger partial charge in [0.05, 0.1) is 11.5 Å². The molecular formula is C15H23NO2S2. The average Bonchev–Trinajstić information content (AvgIpc) is 2.94. The van der Waals surface area contributed by atoms with Crippen LogP contribution in [0.5, 0.6) is 0 Å². The van der Waals surface area contributed by atoms with E-state index >= 15 is 0 Å². The molecule has 0 radical (unpaired) electrons. The third-order valence-corrected chi connectivity index (χ3v) is 7.25. The smallest absolute Gasteiger partial charge is 0.150 e. The molecule has 1 saturated heterocycles. The molecule has 1 saturated carbocycles. The molecule has 112 valence electrons. The Balaban J connectivity index is 1.57. The highest BCUT2D eigenvalue weighted by atomic mass is 32.2. The average molecular weight is 313 g/mol. The van der Waals surface area contributed by atoms with Crippen molar-refractivity contribution in [2.45, 2.75) is 38.1 Å². The van der Waals surface area contributed by atoms with E-state index in [0.717, 1.165) is 25.8 Å². The predicted molar refractivity (Wildman–Crippen MR) is 83.9 cm³/mol. The first-order valence-corrected chi connectivity index (χ1v) is 10.3. The second-order valence-electron chi connectivity index (χ2n) is 6.22. The van der Waals surface area contributed by atoms with E-state index in [2.05, 4.69) is 22.8 Å². The van der Waals surface area contributed by atoms with Crippen molar-refractivity contribution in [3.63, 3.8) is 0 Å². The highest BCUT2D eigenvalue weighted by Gasteiger charge is 2.34. The largest absolute Gasteiger partial charge is 0.314 e. The molecule has 1 aliphatic heterocycles. The normalized spacial score (nSPS) is 26.7. The fourth-order valence-electron chi connectivity index (χ4n) is 3.09. The van der Waals surface area contributed by atoms with Crippen LogP contribution in [0.3, 0.4) is 0 Å². The molecule has 0 bridgehead atoms. The lowest BCUT2D eigenvalue weighted by Crippen LogP contribution is -2.30. The fraction of sp³-hybridized carbons (Fsp3) is 0.733. The van der Waals surface area contributed by atoms with Crippen molar-refractivity contribution in [2.75, 3.05) is 18.1 Å². The Labute approximate surface area is 125 Å². The Hall–Kier alpha value is -0.390. The minimum Gasteiger partial charge on any atom is -0.314 e. The second-order valence-corrected chi connectivity index (χ2v) is 9.48. The molecule has 2 heterocycles. The Morgan fingerprint density at radius 1 is 1.35 bits per heavy atom. The number of hydrogen-bond donors (Lipinski definition) is 1. The van der Waals surface area contributed by atoms with Gasteiger partial charge in [-0.1, -0.05) is 6.07 Å². The van der Waals surface area contributed by atoms with Gasteiger partial charge in [0.15, 0.2) is 9.84 Å². The van der Waals surface area contributed by atoms with Crippen molar-refractivity contribution in [1.82, 2.24) is 5.32 Å². The van der Waals surface area contributed by atoms with E-state index in [4.69, 9.17) is 0 Å². The summed E-state index contributed by atoms with van der Waals surface area (Å²) < 4.78 is 23.4. The van der Waals surface area contributed by atoms with Gasteiger partial charge in [-0.05, 0) is 61.9 Å². The standard InChI is InChI=1S/C15H23NO2S2/c17-20(18)9-7-13(11-20)12(10-16-14-4-5-14)3-6-15-2-1-8-19-15/h1-2,8,12-14,16H,3-7,9-11H2. The van der Waals surface area contributed by atoms with Crippen molar-refractivity contribution >= 4 is 21.2 Å². The van der Waals surface area contributed by atoms with Gasteiger partial charge in [0.1, 0.15) is 0 Å². The van der Waals surface area contributed by atoms with Crippen molar-refractivity contribution < 1.29 is 8.42 Å². The molecule has 1 aromatic heterocycles. The molecule has 1 N–H and O–H groups in total. The summed E-state index contributed by atoms with van der Waals surface area (Å²) in [6.07, 6.45) is 5.65. The van der Waals surface area contributed by atoms with Crippen LogP contribution in [0.15, 0.2) is 17.5 Å². The van der Waals surface area contributed by atoms with Gasteiger partial charge in [-0.2, -0.15) is 0 Å². The topological polar surface area (TPSA) is 46.2 Å². The predicted octanol–water partition coefficient (Wildman–Crippen LogP) is 2.48. The third kappa shape index (κ3) is 4.06. The fourth-order valence-corrected chi connectivity index (χ4v) is 5.73. The van der Waals surface area contributed by atoms with Crippen molar-refractivity contribution in [2.24, 2.45) is 11.8 Å². The van der Waals surface area contributed by atoms with Crippen molar-refractivity contribution in [3.8, 4) is 0 Å². The van der Waals surface area contributed by atoms with Gasteiger partial charge >= 0.3 is 0 Å². The molecule has 3 rings (SSSR count). The molecule has 5 heteroatoms. The van der Waals surface area contributed by atoms with Crippen LogP contribution in [0.25, 0.3) is 0 Å². The zero-order chi connectivity index (χ0) is 14.0. The van der Waals surface area contributed by atoms with Gasteiger partial charge in [0, 0.05) is 10.9 Å². The third-order valence-electron chi connectivity index (χ3n) is 4.52. The molecule has 1 aromatic rings. The lowest BCUT2D eigenvalue weighted by molar-refractivity contribution is 0.325. The Morgan fingerprint density at radius 3 is 2.80 bits per heavy atom. The Kier molecular flexibility index (Phi) is 4.48. The monoisotopic (exact) mass is 313 g/mol. The summed E-state index contributed by atoms with van der Waals surface area (Å²) in [5.41, 5.74) is 0. The molecule has 0 aromatic carbocycles. The van der Waals surface area contributed by atoms with Crippen LogP contribution in [0.1, 0.15) is 30.6 Å². The molecule has 2 unspecified atom stereocenters. The summed E-state index contributed by atoms with van der Waals surface area (Å²) in [4.78, 5) is 1.42. The first kappa shape index (κ1) is 14.5. The molecule has 0 amide bonds. The van der Waals surface area contributed by atoms with Crippen LogP contribution >= 0.6 is 11.3 Å². The van der Waals surface area contributed by atoms with E-state index in [1.807, 2.05) is 0 Å². The first-order valence-electron chi connectivity index (χ1n) is 7.58. The van der Waals surface area contributed by atoms with E-state index in [9.17, 15) is 8.42 Å². The number of thiophene rings is 1. The van der Waals surface area contributed by atoms with Crippen molar-refractivity contribution in [3.05, 3.63) is 22.4 Å². The van der Waals surface area contributed by atoms with Crippen LogP contribution in [-0.2, 0) is 16.3 Å². The van der Waals surface area contributed by atoms with Crippen LogP contribution in [-0.4, -0.2) is 32.5 Å². The van der Waals surface area contributed by atoms with E-state index in [0.29, 0.717) is 29.4 Å². The van der Waals surface area contributed by atoms with E-state index in [1.165, 1.54) is 17.7 Å². The van der Waals surface area contributed by atoms with Crippen molar-refractivity contribution in [1.29, 1.82) is 0 Å². The summed E-state index contributed by atoms with van der Waals surface area (Å²) in [5, 5.41) is 5.72. The van der Waals surface area contributed by atoms with Crippen LogP contribution in [0, 0.1) is 11.8 Å². The van der Waals surface area contributed by atoms with Crippen LogP contribution < -0.4 is 5.32 Å². The van der Waals surface area contributed by atoms with Gasteiger partial charge in [-0.3, -0.25) is 0 Å². The van der Waals surface area contributed by atoms with Gasteiger partial charge in [-0.25, -0.2) is 8.42 Å². The van der Waals surface area contributed by atoms with Gasteiger partial charge in [0.25, 0.3) is 0 Å². The van der Waals surface area contributed by atoms with Gasteiger partial charge in [0.2, 0.25) is 0 Å². The zero-order valence-electron chi connectivity index (χ0n) is 11.8. The number of hydrogen-bond acceptors (Lipinski definition) is 4. The molecule has 2 aliphatic rings. The maximum atomic E-state index is 11.7. The van der Waals surface area contributed by atoms with E-state index in [-0.39, 0.29) is 0 Å². The quantitative estimate of drug-likeness (QED) is 0.841. The summed E-state index contributed by atoms with van der Waals surface area (Å²) in [7, 11) is -2.76. The summed E-state index contributed by atoms with van der Waals surface area (Å²) in [6, 6.07) is 4.98. The van der Waals surface area contributed by atoms with Gasteiger partial charge < -0.3 is 5.32 Å². The van der Waals surface area contributed by atoms with Crippen LogP contribution in [0.4, 0.5) is 0 Å². The van der Waals surface area contributed by atoms with E-state index in [1.54, 1.807) is 11.3 Å². The zero-order valence-corrected chi connectivity index (χ0v) is 13.4. The lowest BCUT2D eigenvalue weighted by Gasteiger charge is -2.23. The number of nitrogens with one attached hydrogen (secondary N) is 1. The number of rotatable bonds is 7. The lowest BCUT2D eigenvalue weighted by atomic mass is 9.87. The van der Waals surface area contributed by atoms with Gasteiger partial charge in [-0.15, -0.1) is 11.3 Å². The maximum absolute atomic E-state index is 11.7. The summed E-state index contributed by atoms with van der Waals surface area (Å²) in [5.74, 6) is 1.69. The maximum Gasteiger partial charge on any atom is 0.150 e. The van der Waals surface area contributed by atoms with Crippen LogP contribution in [0.2, 0.25) is 0 Å². The molecule has 20 heavy (non-hydrogen) atoms. The molecule has 1 aliphatic carbocycles. The van der Waals surface area contributed by atoms with E-state index < -0.39 is 9.84 Å². The highest BCUT2D eigenvalue weighted by molar-refractivity contribution is 7.91. The molecule has 2 fully saturated rings. The SMILES string of the molecule is O=S1(=O)CCC(C(CCc2cccs2)CNC2CC2)C1. The number of sulfone groups is 1. The number of aryl methyl sites for hydroxylation is 1.